The van der Waals surface area contributed by atoms with Crippen LogP contribution in [0.1, 0.15) is 16.8 Å². The second-order valence-corrected chi connectivity index (χ2v) is 4.08. The molecule has 0 aromatic heterocycles. The highest BCUT2D eigenvalue weighted by Gasteiger charge is 2.26. The average molecular weight is 317 g/mol. The highest BCUT2D eigenvalue weighted by Crippen LogP contribution is 2.32. The van der Waals surface area contributed by atoms with Crippen molar-refractivity contribution < 1.29 is 18.0 Å². The third kappa shape index (κ3) is 2.23. The van der Waals surface area contributed by atoms with Crippen LogP contribution in [0.25, 0.3) is 0 Å². The summed E-state index contributed by atoms with van der Waals surface area (Å²) >= 11 is 7.93. The number of ketones is 1. The van der Waals surface area contributed by atoms with E-state index in [2.05, 4.69) is 15.9 Å². The molecule has 7 heteroatoms. The summed E-state index contributed by atoms with van der Waals surface area (Å²) in [4.78, 5) is 11.3. The maximum Gasteiger partial charge on any atom is 0.176 e. The quantitative estimate of drug-likeness (QED) is 0.529. The fourth-order valence-corrected chi connectivity index (χ4v) is 1.88. The molecule has 16 heavy (non-hydrogen) atoms. The zero-order chi connectivity index (χ0) is 12.5. The summed E-state index contributed by atoms with van der Waals surface area (Å²) < 4.78 is 39.0. The number of nitrogens with two attached hydrogens (primary N) is 1. The van der Waals surface area contributed by atoms with E-state index >= 15 is 0 Å². The standard InChI is InChI=1S/C9H6BrClF3NO/c10-5-8(13)6(11)4(3(16)1-2-15)7(12)9(5)14/h1-2,15H2. The van der Waals surface area contributed by atoms with Crippen molar-refractivity contribution in [3.63, 3.8) is 0 Å². The van der Waals surface area contributed by atoms with Crippen LogP contribution in [0.5, 0.6) is 0 Å². The van der Waals surface area contributed by atoms with Gasteiger partial charge in [0.1, 0.15) is 0 Å². The Morgan fingerprint density at radius 3 is 2.31 bits per heavy atom. The smallest absolute Gasteiger partial charge is 0.176 e. The molecule has 88 valence electrons. The van der Waals surface area contributed by atoms with Gasteiger partial charge in [0.15, 0.2) is 23.2 Å². The first-order chi connectivity index (χ1) is 7.41. The van der Waals surface area contributed by atoms with Gasteiger partial charge in [-0.2, -0.15) is 0 Å². The van der Waals surface area contributed by atoms with E-state index in [1.165, 1.54) is 0 Å². The number of benzene rings is 1. The van der Waals surface area contributed by atoms with E-state index in [1.807, 2.05) is 0 Å². The number of Topliss-reactive ketones (excluding diaryl/α,β-unsaturated/α-hetero) is 1. The minimum atomic E-state index is -1.48. The van der Waals surface area contributed by atoms with Crippen LogP contribution >= 0.6 is 27.5 Å². The first-order valence-electron chi connectivity index (χ1n) is 4.16. The van der Waals surface area contributed by atoms with Crippen LogP contribution < -0.4 is 5.73 Å². The Balaban J connectivity index is 3.45. The molecule has 1 aromatic carbocycles. The second kappa shape index (κ2) is 5.16. The number of carbonyl (C=O) groups is 1. The summed E-state index contributed by atoms with van der Waals surface area (Å²) in [5.41, 5.74) is 4.29. The number of hydrogen-bond donors (Lipinski definition) is 1. The molecule has 0 fully saturated rings. The topological polar surface area (TPSA) is 43.1 Å². The predicted molar refractivity (Wildman–Crippen MR) is 57.0 cm³/mol. The molecule has 0 saturated heterocycles. The molecule has 1 aromatic rings. The molecule has 0 amide bonds. The Bertz CT molecular complexity index is 424. The zero-order valence-electron chi connectivity index (χ0n) is 7.79. The molecule has 0 atom stereocenters. The summed E-state index contributed by atoms with van der Waals surface area (Å²) in [5.74, 6) is -5.00. The van der Waals surface area contributed by atoms with Crippen molar-refractivity contribution in [3.8, 4) is 0 Å². The van der Waals surface area contributed by atoms with Crippen LogP contribution in [0.15, 0.2) is 4.47 Å². The van der Waals surface area contributed by atoms with Crippen molar-refractivity contribution >= 4 is 33.3 Å². The Morgan fingerprint density at radius 2 is 1.81 bits per heavy atom. The van der Waals surface area contributed by atoms with Crippen LogP contribution in [-0.2, 0) is 0 Å². The minimum Gasteiger partial charge on any atom is -0.330 e. The second-order valence-electron chi connectivity index (χ2n) is 2.91. The van der Waals surface area contributed by atoms with Crippen molar-refractivity contribution in [1.82, 2.24) is 0 Å². The average Bonchev–Trinajstić information content (AvgIpc) is 2.24. The van der Waals surface area contributed by atoms with Crippen molar-refractivity contribution in [1.29, 1.82) is 0 Å². The Hall–Kier alpha value is -0.590. The highest BCUT2D eigenvalue weighted by molar-refractivity contribution is 9.10. The monoisotopic (exact) mass is 315 g/mol. The van der Waals surface area contributed by atoms with Crippen LogP contribution in [0.3, 0.4) is 0 Å². The fourth-order valence-electron chi connectivity index (χ4n) is 1.11. The first kappa shape index (κ1) is 13.5. The number of carbonyl (C=O) groups excluding carboxylic acids is 1. The summed E-state index contributed by atoms with van der Waals surface area (Å²) in [5, 5.41) is -0.746. The van der Waals surface area contributed by atoms with E-state index in [1.54, 1.807) is 0 Å². The fraction of sp³-hybridized carbons (Fsp3) is 0.222. The van der Waals surface area contributed by atoms with Gasteiger partial charge in [-0.1, -0.05) is 11.6 Å². The molecule has 2 nitrogen and oxygen atoms in total. The third-order valence-corrected chi connectivity index (χ3v) is 2.91. The van der Waals surface area contributed by atoms with E-state index in [9.17, 15) is 18.0 Å². The zero-order valence-corrected chi connectivity index (χ0v) is 10.1. The van der Waals surface area contributed by atoms with Crippen LogP contribution in [0.4, 0.5) is 13.2 Å². The summed E-state index contributed by atoms with van der Waals surface area (Å²) in [6.45, 7) is -0.0616. The van der Waals surface area contributed by atoms with E-state index < -0.39 is 38.3 Å². The van der Waals surface area contributed by atoms with Gasteiger partial charge >= 0.3 is 0 Å². The van der Waals surface area contributed by atoms with Crippen LogP contribution in [0, 0.1) is 17.5 Å². The molecule has 1 rings (SSSR count). The van der Waals surface area contributed by atoms with E-state index in [4.69, 9.17) is 17.3 Å². The maximum absolute atomic E-state index is 13.4. The molecule has 0 aliphatic heterocycles. The molecule has 0 bridgehead atoms. The van der Waals surface area contributed by atoms with Crippen molar-refractivity contribution in [2.45, 2.75) is 6.42 Å². The number of halogens is 5. The number of rotatable bonds is 3. The molecule has 0 spiro atoms. The highest BCUT2D eigenvalue weighted by atomic mass is 79.9. The lowest BCUT2D eigenvalue weighted by molar-refractivity contribution is 0.0980. The predicted octanol–water partition coefficient (Wildman–Crippen LogP) is 3.05. The molecule has 0 saturated carbocycles. The molecule has 0 heterocycles. The summed E-state index contributed by atoms with van der Waals surface area (Å²) in [6.07, 6.45) is -0.239. The molecule has 0 aliphatic carbocycles. The van der Waals surface area contributed by atoms with Gasteiger partial charge in [-0.15, -0.1) is 0 Å². The lowest BCUT2D eigenvalue weighted by Crippen LogP contribution is -2.12. The van der Waals surface area contributed by atoms with Crippen molar-refractivity contribution in [3.05, 3.63) is 32.5 Å². The van der Waals surface area contributed by atoms with E-state index in [0.717, 1.165) is 0 Å². The van der Waals surface area contributed by atoms with Crippen LogP contribution in [-0.4, -0.2) is 12.3 Å². The van der Waals surface area contributed by atoms with Gasteiger partial charge in [0.2, 0.25) is 0 Å². The normalized spacial score (nSPS) is 10.6. The summed E-state index contributed by atoms with van der Waals surface area (Å²) in [6, 6.07) is 0. The largest absolute Gasteiger partial charge is 0.330 e. The van der Waals surface area contributed by atoms with Gasteiger partial charge in [-0.3, -0.25) is 4.79 Å². The van der Waals surface area contributed by atoms with Gasteiger partial charge in [0.25, 0.3) is 0 Å². The van der Waals surface area contributed by atoms with E-state index in [0.29, 0.717) is 0 Å². The van der Waals surface area contributed by atoms with Gasteiger partial charge in [-0.05, 0) is 22.5 Å². The molecular weight excluding hydrogens is 310 g/mol. The lowest BCUT2D eigenvalue weighted by Gasteiger charge is -2.08. The van der Waals surface area contributed by atoms with E-state index in [-0.39, 0.29) is 13.0 Å². The van der Waals surface area contributed by atoms with Crippen molar-refractivity contribution in [2.24, 2.45) is 5.73 Å². The third-order valence-electron chi connectivity index (χ3n) is 1.86. The van der Waals surface area contributed by atoms with Gasteiger partial charge < -0.3 is 5.73 Å². The minimum absolute atomic E-state index is 0.0616. The van der Waals surface area contributed by atoms with Crippen molar-refractivity contribution in [2.75, 3.05) is 6.54 Å². The molecule has 2 N–H and O–H groups in total. The SMILES string of the molecule is NCCC(=O)c1c(F)c(F)c(Br)c(F)c1Cl. The van der Waals surface area contributed by atoms with Gasteiger partial charge in [-0.25, -0.2) is 13.2 Å². The number of hydrogen-bond acceptors (Lipinski definition) is 2. The van der Waals surface area contributed by atoms with Crippen LogP contribution in [0.2, 0.25) is 5.02 Å². The Labute approximate surface area is 103 Å². The molecule has 0 radical (unpaired) electrons. The Kier molecular flexibility index (Phi) is 4.35. The Morgan fingerprint density at radius 1 is 1.25 bits per heavy atom. The molecular formula is C9H6BrClF3NO. The lowest BCUT2D eigenvalue weighted by atomic mass is 10.1. The first-order valence-corrected chi connectivity index (χ1v) is 5.33. The summed E-state index contributed by atoms with van der Waals surface area (Å²) in [7, 11) is 0. The molecule has 0 aliphatic rings. The maximum atomic E-state index is 13.4. The molecule has 0 unspecified atom stereocenters. The van der Waals surface area contributed by atoms with Gasteiger partial charge in [0, 0.05) is 6.42 Å². The van der Waals surface area contributed by atoms with Gasteiger partial charge in [0.05, 0.1) is 15.1 Å².